The van der Waals surface area contributed by atoms with Crippen molar-refractivity contribution in [3.63, 3.8) is 0 Å². The van der Waals surface area contributed by atoms with Gasteiger partial charge in [-0.25, -0.2) is 4.68 Å². The summed E-state index contributed by atoms with van der Waals surface area (Å²) in [7, 11) is 0. The van der Waals surface area contributed by atoms with Gasteiger partial charge in [0.1, 0.15) is 5.82 Å². The number of carbonyl (C=O) groups excluding carboxylic acids is 2. The highest BCUT2D eigenvalue weighted by atomic mass is 35.5. The number of nitrogens with zero attached hydrogens (tertiary/aromatic N) is 2. The van der Waals surface area contributed by atoms with Crippen molar-refractivity contribution < 1.29 is 9.59 Å². The number of aromatic nitrogens is 2. The van der Waals surface area contributed by atoms with Crippen molar-refractivity contribution in [2.45, 2.75) is 40.0 Å². The van der Waals surface area contributed by atoms with Crippen molar-refractivity contribution in [3.8, 4) is 5.69 Å². The monoisotopic (exact) mass is 407 g/mol. The smallest absolute Gasteiger partial charge is 0.226 e. The van der Waals surface area contributed by atoms with Crippen LogP contribution in [0.25, 0.3) is 5.69 Å². The number of rotatable bonds is 3. The molecule has 5 nitrogen and oxygen atoms in total. The molecule has 1 aliphatic rings. The molecule has 0 unspecified atom stereocenters. The third kappa shape index (κ3) is 3.25. The minimum atomic E-state index is -0.561. The van der Waals surface area contributed by atoms with E-state index >= 15 is 0 Å². The van der Waals surface area contributed by atoms with E-state index in [1.807, 2.05) is 64.1 Å². The first-order valence-electron chi connectivity index (χ1n) is 9.54. The Hall–Kier alpha value is -2.92. The quantitative estimate of drug-likeness (QED) is 0.616. The van der Waals surface area contributed by atoms with Gasteiger partial charge in [0.2, 0.25) is 5.91 Å². The molecule has 1 N–H and O–H groups in total. The maximum atomic E-state index is 13.4. The molecule has 148 valence electrons. The maximum absolute atomic E-state index is 13.4. The topological polar surface area (TPSA) is 64.0 Å². The molecule has 4 rings (SSSR count). The molecule has 0 bridgehead atoms. The van der Waals surface area contributed by atoms with E-state index in [2.05, 4.69) is 10.4 Å². The normalized spacial score (nSPS) is 15.8. The zero-order valence-corrected chi connectivity index (χ0v) is 17.6. The van der Waals surface area contributed by atoms with Crippen LogP contribution in [0.1, 0.15) is 50.6 Å². The Labute approximate surface area is 174 Å². The molecular weight excluding hydrogens is 386 g/mol. The number of amides is 1. The predicted octanol–water partition coefficient (Wildman–Crippen LogP) is 5.07. The van der Waals surface area contributed by atoms with Crippen molar-refractivity contribution in [1.29, 1.82) is 0 Å². The SMILES string of the molecule is Cc1ccc(C(=O)[C@H]2CC(=O)Nc3c2c(C)nn3-c2cccc(Cl)c2C)cc1C. The van der Waals surface area contributed by atoms with E-state index < -0.39 is 5.92 Å². The van der Waals surface area contributed by atoms with Crippen molar-refractivity contribution >= 4 is 29.1 Å². The van der Waals surface area contributed by atoms with Gasteiger partial charge in [-0.3, -0.25) is 9.59 Å². The van der Waals surface area contributed by atoms with Gasteiger partial charge in [-0.05, 0) is 62.6 Å². The van der Waals surface area contributed by atoms with Gasteiger partial charge in [-0.2, -0.15) is 5.10 Å². The largest absolute Gasteiger partial charge is 0.310 e. The van der Waals surface area contributed by atoms with Crippen LogP contribution in [0.4, 0.5) is 5.82 Å². The van der Waals surface area contributed by atoms with Gasteiger partial charge >= 0.3 is 0 Å². The van der Waals surface area contributed by atoms with Crippen LogP contribution in [0.5, 0.6) is 0 Å². The van der Waals surface area contributed by atoms with Crippen LogP contribution in [0.2, 0.25) is 5.02 Å². The Balaban J connectivity index is 1.85. The summed E-state index contributed by atoms with van der Waals surface area (Å²) in [6, 6.07) is 11.2. The molecule has 0 saturated heterocycles. The Morgan fingerprint density at radius 1 is 1.14 bits per heavy atom. The van der Waals surface area contributed by atoms with Crippen LogP contribution in [0.3, 0.4) is 0 Å². The first-order chi connectivity index (χ1) is 13.8. The number of carbonyl (C=O) groups is 2. The molecule has 1 atom stereocenters. The minimum absolute atomic E-state index is 0.0605. The number of hydrogen-bond donors (Lipinski definition) is 1. The fourth-order valence-electron chi connectivity index (χ4n) is 3.87. The van der Waals surface area contributed by atoms with Gasteiger partial charge in [-0.15, -0.1) is 0 Å². The van der Waals surface area contributed by atoms with Crippen molar-refractivity contribution in [2.24, 2.45) is 0 Å². The first-order valence-corrected chi connectivity index (χ1v) is 9.92. The molecule has 0 saturated carbocycles. The molecule has 3 aromatic rings. The molecule has 6 heteroatoms. The Bertz CT molecular complexity index is 1160. The van der Waals surface area contributed by atoms with E-state index in [1.165, 1.54) is 0 Å². The zero-order valence-electron chi connectivity index (χ0n) is 16.8. The molecule has 1 aliphatic heterocycles. The lowest BCUT2D eigenvalue weighted by Gasteiger charge is -2.23. The van der Waals surface area contributed by atoms with E-state index in [0.29, 0.717) is 16.4 Å². The second kappa shape index (κ2) is 7.16. The lowest BCUT2D eigenvalue weighted by atomic mass is 9.85. The third-order valence-corrected chi connectivity index (χ3v) is 6.09. The zero-order chi connectivity index (χ0) is 20.9. The number of halogens is 1. The van der Waals surface area contributed by atoms with Gasteiger partial charge < -0.3 is 5.32 Å². The van der Waals surface area contributed by atoms with Gasteiger partial charge in [0, 0.05) is 22.6 Å². The lowest BCUT2D eigenvalue weighted by Crippen LogP contribution is -2.28. The summed E-state index contributed by atoms with van der Waals surface area (Å²) in [5.41, 5.74) is 5.93. The number of nitrogens with one attached hydrogen (secondary N) is 1. The first kappa shape index (κ1) is 19.4. The number of ketones is 1. The maximum Gasteiger partial charge on any atom is 0.226 e. The Morgan fingerprint density at radius 3 is 2.62 bits per heavy atom. The van der Waals surface area contributed by atoms with Crippen LogP contribution in [0, 0.1) is 27.7 Å². The molecule has 1 aromatic heterocycles. The number of hydrogen-bond acceptors (Lipinski definition) is 3. The highest BCUT2D eigenvalue weighted by molar-refractivity contribution is 6.31. The molecule has 0 fully saturated rings. The molecule has 29 heavy (non-hydrogen) atoms. The van der Waals surface area contributed by atoms with E-state index in [9.17, 15) is 9.59 Å². The number of anilines is 1. The number of aryl methyl sites for hydroxylation is 3. The van der Waals surface area contributed by atoms with Gasteiger partial charge in [-0.1, -0.05) is 29.8 Å². The van der Waals surface area contributed by atoms with Gasteiger partial charge in [0.05, 0.1) is 17.3 Å². The van der Waals surface area contributed by atoms with E-state index in [1.54, 1.807) is 4.68 Å². The third-order valence-electron chi connectivity index (χ3n) is 5.68. The fraction of sp³-hybridized carbons (Fsp3) is 0.261. The van der Waals surface area contributed by atoms with Gasteiger partial charge in [0.25, 0.3) is 0 Å². The average Bonchev–Trinajstić information content (AvgIpc) is 3.01. The standard InChI is InChI=1S/C23H22ClN3O2/c1-12-8-9-16(10-13(12)2)22(29)17-11-20(28)25-23-21(17)15(4)26-27(23)19-7-5-6-18(24)14(19)3/h5-10,17H,11H2,1-4H3,(H,25,28)/t17-/m0/s1. The fourth-order valence-corrected chi connectivity index (χ4v) is 4.04. The van der Waals surface area contributed by atoms with Crippen molar-refractivity contribution in [1.82, 2.24) is 9.78 Å². The second-order valence-corrected chi connectivity index (χ2v) is 8.02. The molecule has 2 aromatic carbocycles. The average molecular weight is 408 g/mol. The van der Waals surface area contributed by atoms with Crippen LogP contribution < -0.4 is 5.32 Å². The van der Waals surface area contributed by atoms with Crippen LogP contribution in [-0.2, 0) is 4.79 Å². The molecule has 0 aliphatic carbocycles. The van der Waals surface area contributed by atoms with Gasteiger partial charge in [0.15, 0.2) is 5.78 Å². The summed E-state index contributed by atoms with van der Waals surface area (Å²) >= 11 is 6.29. The predicted molar refractivity (Wildman–Crippen MR) is 114 cm³/mol. The molecule has 2 heterocycles. The van der Waals surface area contributed by atoms with E-state index in [-0.39, 0.29) is 18.1 Å². The molecule has 0 spiro atoms. The summed E-state index contributed by atoms with van der Waals surface area (Å²) in [6.45, 7) is 7.77. The highest BCUT2D eigenvalue weighted by Crippen LogP contribution is 2.39. The summed E-state index contributed by atoms with van der Waals surface area (Å²) in [4.78, 5) is 25.9. The second-order valence-electron chi connectivity index (χ2n) is 7.61. The molecular formula is C23H22ClN3O2. The lowest BCUT2D eigenvalue weighted by molar-refractivity contribution is -0.116. The summed E-state index contributed by atoms with van der Waals surface area (Å²) in [5.74, 6) is -0.268. The summed E-state index contributed by atoms with van der Waals surface area (Å²) in [6.07, 6.45) is 0.111. The van der Waals surface area contributed by atoms with Crippen LogP contribution >= 0.6 is 11.6 Å². The Morgan fingerprint density at radius 2 is 1.90 bits per heavy atom. The van der Waals surface area contributed by atoms with Crippen molar-refractivity contribution in [2.75, 3.05) is 5.32 Å². The Kier molecular flexibility index (Phi) is 4.79. The van der Waals surface area contributed by atoms with Crippen LogP contribution in [0.15, 0.2) is 36.4 Å². The number of Topliss-reactive ketones (excluding diaryl/α,β-unsaturated/α-hetero) is 1. The van der Waals surface area contributed by atoms with Crippen LogP contribution in [-0.4, -0.2) is 21.5 Å². The van der Waals surface area contributed by atoms with E-state index in [4.69, 9.17) is 11.6 Å². The molecule has 0 radical (unpaired) electrons. The number of fused-ring (bicyclic) bond motifs is 1. The van der Waals surface area contributed by atoms with Crippen molar-refractivity contribution in [3.05, 3.63) is 74.9 Å². The minimum Gasteiger partial charge on any atom is -0.310 e. The highest BCUT2D eigenvalue weighted by Gasteiger charge is 2.36. The summed E-state index contributed by atoms with van der Waals surface area (Å²) < 4.78 is 1.68. The van der Waals surface area contributed by atoms with E-state index in [0.717, 1.165) is 33.6 Å². The number of benzene rings is 2. The summed E-state index contributed by atoms with van der Waals surface area (Å²) in [5, 5.41) is 8.19. The molecule has 1 amide bonds.